The van der Waals surface area contributed by atoms with Crippen LogP contribution in [0.25, 0.3) is 16.9 Å². The van der Waals surface area contributed by atoms with Crippen molar-refractivity contribution in [2.75, 3.05) is 0 Å². The number of nitrogens with zero attached hydrogens (tertiary/aromatic N) is 3. The van der Waals surface area contributed by atoms with Crippen LogP contribution in [0, 0.1) is 0 Å². The van der Waals surface area contributed by atoms with Crippen molar-refractivity contribution in [1.82, 2.24) is 14.2 Å². The SMILES string of the molecule is Cn1c(CN)cc(=O)n2nc(-c3cccc(Cl)c3)cc12. The van der Waals surface area contributed by atoms with E-state index in [1.54, 1.807) is 6.07 Å². The van der Waals surface area contributed by atoms with Gasteiger partial charge >= 0.3 is 0 Å². The Hall–Kier alpha value is -2.11. The Morgan fingerprint density at radius 2 is 2.10 bits per heavy atom. The Balaban J connectivity index is 2.28. The first-order chi connectivity index (χ1) is 9.60. The number of nitrogens with two attached hydrogens (primary N) is 1. The van der Waals surface area contributed by atoms with Crippen molar-refractivity contribution >= 4 is 17.2 Å². The number of fused-ring (bicyclic) bond motifs is 1. The molecule has 2 N–H and O–H groups in total. The van der Waals surface area contributed by atoms with Gasteiger partial charge in [-0.1, -0.05) is 23.7 Å². The van der Waals surface area contributed by atoms with Crippen molar-refractivity contribution in [2.45, 2.75) is 6.54 Å². The maximum atomic E-state index is 12.0. The van der Waals surface area contributed by atoms with E-state index in [2.05, 4.69) is 5.10 Å². The summed E-state index contributed by atoms with van der Waals surface area (Å²) in [6, 6.07) is 10.7. The highest BCUT2D eigenvalue weighted by Gasteiger charge is 2.10. The molecular weight excluding hydrogens is 276 g/mol. The molecule has 20 heavy (non-hydrogen) atoms. The fourth-order valence-electron chi connectivity index (χ4n) is 2.20. The molecule has 2 heterocycles. The number of hydrogen-bond acceptors (Lipinski definition) is 3. The van der Waals surface area contributed by atoms with Gasteiger partial charge in [0, 0.05) is 42.0 Å². The predicted molar refractivity (Wildman–Crippen MR) is 78.8 cm³/mol. The summed E-state index contributed by atoms with van der Waals surface area (Å²) in [7, 11) is 1.86. The van der Waals surface area contributed by atoms with E-state index in [0.717, 1.165) is 11.3 Å². The van der Waals surface area contributed by atoms with Gasteiger partial charge in [0.2, 0.25) is 0 Å². The van der Waals surface area contributed by atoms with Crippen molar-refractivity contribution in [1.29, 1.82) is 0 Å². The van der Waals surface area contributed by atoms with Crippen LogP contribution >= 0.6 is 11.6 Å². The van der Waals surface area contributed by atoms with Gasteiger partial charge in [-0.2, -0.15) is 9.61 Å². The molecule has 0 fully saturated rings. The van der Waals surface area contributed by atoms with Gasteiger partial charge in [0.15, 0.2) is 0 Å². The number of aromatic nitrogens is 3. The Morgan fingerprint density at radius 3 is 2.80 bits per heavy atom. The molecule has 0 aliphatic rings. The molecule has 0 aliphatic carbocycles. The van der Waals surface area contributed by atoms with Gasteiger partial charge in [0.05, 0.1) is 5.69 Å². The van der Waals surface area contributed by atoms with E-state index in [4.69, 9.17) is 17.3 Å². The quantitative estimate of drug-likeness (QED) is 0.782. The molecule has 102 valence electrons. The first-order valence-electron chi connectivity index (χ1n) is 6.15. The summed E-state index contributed by atoms with van der Waals surface area (Å²) < 4.78 is 3.23. The molecule has 0 unspecified atom stereocenters. The second-order valence-electron chi connectivity index (χ2n) is 4.55. The zero-order chi connectivity index (χ0) is 14.3. The van der Waals surface area contributed by atoms with E-state index in [1.165, 1.54) is 10.6 Å². The molecule has 0 atom stereocenters. The highest BCUT2D eigenvalue weighted by atomic mass is 35.5. The van der Waals surface area contributed by atoms with Crippen LogP contribution in [0.2, 0.25) is 5.02 Å². The first kappa shape index (κ1) is 12.9. The van der Waals surface area contributed by atoms with Crippen LogP contribution < -0.4 is 11.3 Å². The minimum absolute atomic E-state index is 0.188. The zero-order valence-corrected chi connectivity index (χ0v) is 11.6. The van der Waals surface area contributed by atoms with E-state index < -0.39 is 0 Å². The molecule has 1 aromatic carbocycles. The largest absolute Gasteiger partial charge is 0.331 e. The van der Waals surface area contributed by atoms with Crippen LogP contribution in [0.15, 0.2) is 41.2 Å². The van der Waals surface area contributed by atoms with Crippen LogP contribution in [0.5, 0.6) is 0 Å². The van der Waals surface area contributed by atoms with Gasteiger partial charge < -0.3 is 10.3 Å². The van der Waals surface area contributed by atoms with Gasteiger partial charge in [-0.05, 0) is 12.1 Å². The number of benzene rings is 1. The highest BCUT2D eigenvalue weighted by molar-refractivity contribution is 6.30. The molecule has 0 spiro atoms. The Bertz CT molecular complexity index is 850. The second-order valence-corrected chi connectivity index (χ2v) is 4.98. The van der Waals surface area contributed by atoms with Crippen LogP contribution in [0.1, 0.15) is 5.69 Å². The van der Waals surface area contributed by atoms with E-state index in [0.29, 0.717) is 22.9 Å². The van der Waals surface area contributed by atoms with Crippen LogP contribution in [-0.4, -0.2) is 14.2 Å². The smallest absolute Gasteiger partial charge is 0.274 e. The Labute approximate surface area is 120 Å². The lowest BCUT2D eigenvalue weighted by Gasteiger charge is -2.07. The Kier molecular flexibility index (Phi) is 3.08. The highest BCUT2D eigenvalue weighted by Crippen LogP contribution is 2.22. The van der Waals surface area contributed by atoms with Crippen molar-refractivity contribution in [3.8, 4) is 11.3 Å². The minimum atomic E-state index is -0.188. The number of halogens is 1. The summed E-state index contributed by atoms with van der Waals surface area (Å²) in [4.78, 5) is 12.0. The second kappa shape index (κ2) is 4.77. The molecule has 0 radical (unpaired) electrons. The van der Waals surface area contributed by atoms with Gasteiger partial charge in [0.1, 0.15) is 5.65 Å². The van der Waals surface area contributed by atoms with Crippen molar-refractivity contribution in [2.24, 2.45) is 12.8 Å². The summed E-state index contributed by atoms with van der Waals surface area (Å²) in [6.07, 6.45) is 0. The van der Waals surface area contributed by atoms with E-state index in [-0.39, 0.29) is 5.56 Å². The molecule has 0 amide bonds. The third-order valence-corrected chi connectivity index (χ3v) is 3.53. The first-order valence-corrected chi connectivity index (χ1v) is 6.52. The fourth-order valence-corrected chi connectivity index (χ4v) is 2.39. The average molecular weight is 289 g/mol. The summed E-state index contributed by atoms with van der Waals surface area (Å²) >= 11 is 5.99. The van der Waals surface area contributed by atoms with Crippen LogP contribution in [0.3, 0.4) is 0 Å². The van der Waals surface area contributed by atoms with Crippen LogP contribution in [0.4, 0.5) is 0 Å². The summed E-state index contributed by atoms with van der Waals surface area (Å²) in [5, 5.41) is 4.98. The summed E-state index contributed by atoms with van der Waals surface area (Å²) in [5.74, 6) is 0. The minimum Gasteiger partial charge on any atom is -0.331 e. The molecule has 3 aromatic rings. The summed E-state index contributed by atoms with van der Waals surface area (Å²) in [6.45, 7) is 0.305. The van der Waals surface area contributed by atoms with Gasteiger partial charge in [-0.25, -0.2) is 0 Å². The fraction of sp³-hybridized carbons (Fsp3) is 0.143. The molecule has 5 nitrogen and oxygen atoms in total. The topological polar surface area (TPSA) is 65.3 Å². The third kappa shape index (κ3) is 2.01. The zero-order valence-electron chi connectivity index (χ0n) is 10.9. The maximum absolute atomic E-state index is 12.0. The van der Waals surface area contributed by atoms with E-state index in [1.807, 2.05) is 35.9 Å². The molecule has 0 bridgehead atoms. The van der Waals surface area contributed by atoms with E-state index >= 15 is 0 Å². The molecule has 3 rings (SSSR count). The lowest BCUT2D eigenvalue weighted by atomic mass is 10.1. The third-order valence-electron chi connectivity index (χ3n) is 3.29. The number of aryl methyl sites for hydroxylation is 1. The monoisotopic (exact) mass is 288 g/mol. The van der Waals surface area contributed by atoms with Crippen molar-refractivity contribution < 1.29 is 0 Å². The van der Waals surface area contributed by atoms with Gasteiger partial charge in [-0.3, -0.25) is 4.79 Å². The lowest BCUT2D eigenvalue weighted by Crippen LogP contribution is -2.21. The molecular formula is C14H13ClN4O. The van der Waals surface area contributed by atoms with Crippen molar-refractivity contribution in [3.63, 3.8) is 0 Å². The normalized spacial score (nSPS) is 11.2. The molecule has 2 aromatic heterocycles. The predicted octanol–water partition coefficient (Wildman–Crippen LogP) is 1.81. The average Bonchev–Trinajstić information content (AvgIpc) is 2.89. The lowest BCUT2D eigenvalue weighted by molar-refractivity contribution is 0.766. The van der Waals surface area contributed by atoms with Gasteiger partial charge in [0.25, 0.3) is 5.56 Å². The number of rotatable bonds is 2. The molecule has 0 saturated carbocycles. The van der Waals surface area contributed by atoms with Gasteiger partial charge in [-0.15, -0.1) is 0 Å². The Morgan fingerprint density at radius 1 is 1.30 bits per heavy atom. The summed E-state index contributed by atoms with van der Waals surface area (Å²) in [5.41, 5.74) is 8.49. The number of hydrogen-bond donors (Lipinski definition) is 1. The van der Waals surface area contributed by atoms with E-state index in [9.17, 15) is 4.79 Å². The maximum Gasteiger partial charge on any atom is 0.274 e. The molecule has 0 saturated heterocycles. The van der Waals surface area contributed by atoms with Crippen molar-refractivity contribution in [3.05, 3.63) is 57.5 Å². The molecule has 0 aliphatic heterocycles. The van der Waals surface area contributed by atoms with Crippen LogP contribution in [-0.2, 0) is 13.6 Å². The molecule has 6 heteroatoms. The standard InChI is InChI=1S/C14H13ClN4O/c1-18-11(8-16)6-14(20)19-13(18)7-12(17-19)9-3-2-4-10(15)5-9/h2-7H,8,16H2,1H3.